The van der Waals surface area contributed by atoms with Crippen LogP contribution in [0.2, 0.25) is 0 Å². The first kappa shape index (κ1) is 11.1. The van der Waals surface area contributed by atoms with Crippen LogP contribution in [0, 0.1) is 11.7 Å². The first-order valence-corrected chi connectivity index (χ1v) is 4.99. The Labute approximate surface area is 83.8 Å². The molecule has 78 valence electrons. The minimum atomic E-state index is -0.786. The molecule has 0 fully saturated rings. The van der Waals surface area contributed by atoms with E-state index >= 15 is 0 Å². The van der Waals surface area contributed by atoms with E-state index in [1.54, 1.807) is 0 Å². The van der Waals surface area contributed by atoms with Gasteiger partial charge in [0.1, 0.15) is 17.6 Å². The molecule has 0 saturated heterocycles. The average molecular weight is 197 g/mol. The van der Waals surface area contributed by atoms with Gasteiger partial charge in [0, 0.05) is 6.20 Å². The molecule has 0 aliphatic carbocycles. The standard InChI is InChI=1S/C11H16FNO/c1-3-8(4-2)11(14)10-9(12)6-5-7-13-10/h5-8,11,14H,3-4H2,1-2H3. The highest BCUT2D eigenvalue weighted by atomic mass is 19.1. The number of nitrogens with zero attached hydrogens (tertiary/aromatic N) is 1. The third kappa shape index (κ3) is 2.29. The molecule has 1 rings (SSSR count). The Morgan fingerprint density at radius 1 is 1.43 bits per heavy atom. The van der Waals surface area contributed by atoms with Gasteiger partial charge in [0.25, 0.3) is 0 Å². The maximum absolute atomic E-state index is 13.3. The van der Waals surface area contributed by atoms with Crippen LogP contribution in [0.1, 0.15) is 38.5 Å². The highest BCUT2D eigenvalue weighted by molar-refractivity contribution is 5.10. The van der Waals surface area contributed by atoms with Crippen LogP contribution in [0.25, 0.3) is 0 Å². The lowest BCUT2D eigenvalue weighted by atomic mass is 9.94. The SMILES string of the molecule is CCC(CC)C(O)c1ncccc1F. The maximum atomic E-state index is 13.3. The summed E-state index contributed by atoms with van der Waals surface area (Å²) in [6.45, 7) is 3.97. The Kier molecular flexibility index (Phi) is 4.01. The molecule has 14 heavy (non-hydrogen) atoms. The molecule has 0 aromatic carbocycles. The summed E-state index contributed by atoms with van der Waals surface area (Å²) in [6, 6.07) is 2.85. The number of aliphatic hydroxyl groups is 1. The highest BCUT2D eigenvalue weighted by Gasteiger charge is 2.21. The van der Waals surface area contributed by atoms with Crippen LogP contribution in [-0.4, -0.2) is 10.1 Å². The molecular weight excluding hydrogens is 181 g/mol. The summed E-state index contributed by atoms with van der Waals surface area (Å²) in [7, 11) is 0. The lowest BCUT2D eigenvalue weighted by molar-refractivity contribution is 0.0952. The fourth-order valence-corrected chi connectivity index (χ4v) is 1.57. The van der Waals surface area contributed by atoms with E-state index in [1.807, 2.05) is 13.8 Å². The zero-order chi connectivity index (χ0) is 10.6. The van der Waals surface area contributed by atoms with Crippen molar-refractivity contribution >= 4 is 0 Å². The minimum Gasteiger partial charge on any atom is -0.386 e. The van der Waals surface area contributed by atoms with E-state index < -0.39 is 11.9 Å². The lowest BCUT2D eigenvalue weighted by Crippen LogP contribution is -2.13. The Hall–Kier alpha value is -0.960. The van der Waals surface area contributed by atoms with E-state index in [0.29, 0.717) is 0 Å². The van der Waals surface area contributed by atoms with E-state index in [1.165, 1.54) is 18.3 Å². The summed E-state index contributed by atoms with van der Waals surface area (Å²) >= 11 is 0. The molecule has 0 bridgehead atoms. The molecule has 0 spiro atoms. The van der Waals surface area contributed by atoms with Crippen molar-refractivity contribution in [2.24, 2.45) is 5.92 Å². The van der Waals surface area contributed by atoms with Crippen molar-refractivity contribution in [3.05, 3.63) is 29.8 Å². The molecule has 0 saturated carbocycles. The zero-order valence-electron chi connectivity index (χ0n) is 8.57. The van der Waals surface area contributed by atoms with E-state index in [4.69, 9.17) is 0 Å². The monoisotopic (exact) mass is 197 g/mol. The Balaban J connectivity index is 2.88. The smallest absolute Gasteiger partial charge is 0.147 e. The van der Waals surface area contributed by atoms with Crippen molar-refractivity contribution in [3.63, 3.8) is 0 Å². The Bertz CT molecular complexity index is 286. The minimum absolute atomic E-state index is 0.0828. The molecule has 0 amide bonds. The fourth-order valence-electron chi connectivity index (χ4n) is 1.57. The number of aromatic nitrogens is 1. The Morgan fingerprint density at radius 3 is 2.57 bits per heavy atom. The number of hydrogen-bond donors (Lipinski definition) is 1. The molecule has 1 aromatic heterocycles. The number of hydrogen-bond acceptors (Lipinski definition) is 2. The van der Waals surface area contributed by atoms with Gasteiger partial charge in [0.15, 0.2) is 0 Å². The van der Waals surface area contributed by atoms with Crippen molar-refractivity contribution in [2.75, 3.05) is 0 Å². The first-order chi connectivity index (χ1) is 6.70. The van der Waals surface area contributed by atoms with E-state index in [0.717, 1.165) is 12.8 Å². The molecule has 0 aliphatic heterocycles. The van der Waals surface area contributed by atoms with Crippen molar-refractivity contribution in [1.29, 1.82) is 0 Å². The summed E-state index contributed by atoms with van der Waals surface area (Å²) in [5, 5.41) is 9.86. The van der Waals surface area contributed by atoms with Gasteiger partial charge in [-0.2, -0.15) is 0 Å². The lowest BCUT2D eigenvalue weighted by Gasteiger charge is -2.19. The van der Waals surface area contributed by atoms with Gasteiger partial charge >= 0.3 is 0 Å². The summed E-state index contributed by atoms with van der Waals surface area (Å²) in [5.41, 5.74) is 0.168. The molecule has 0 aliphatic rings. The summed E-state index contributed by atoms with van der Waals surface area (Å²) in [5.74, 6) is -0.341. The summed E-state index contributed by atoms with van der Waals surface area (Å²) < 4.78 is 13.3. The number of pyridine rings is 1. The number of rotatable bonds is 4. The maximum Gasteiger partial charge on any atom is 0.147 e. The first-order valence-electron chi connectivity index (χ1n) is 4.99. The van der Waals surface area contributed by atoms with E-state index in [9.17, 15) is 9.50 Å². The second-order valence-corrected chi connectivity index (χ2v) is 3.39. The van der Waals surface area contributed by atoms with Crippen LogP contribution >= 0.6 is 0 Å². The van der Waals surface area contributed by atoms with Crippen LogP contribution in [0.3, 0.4) is 0 Å². The second-order valence-electron chi connectivity index (χ2n) is 3.39. The van der Waals surface area contributed by atoms with Gasteiger partial charge in [0.2, 0.25) is 0 Å². The van der Waals surface area contributed by atoms with Crippen molar-refractivity contribution < 1.29 is 9.50 Å². The molecule has 1 N–H and O–H groups in total. The molecule has 1 aromatic rings. The number of aliphatic hydroxyl groups excluding tert-OH is 1. The number of halogens is 1. The molecule has 1 unspecified atom stereocenters. The second kappa shape index (κ2) is 5.05. The molecular formula is C11H16FNO. The van der Waals surface area contributed by atoms with E-state index in [2.05, 4.69) is 4.98 Å². The van der Waals surface area contributed by atoms with Gasteiger partial charge in [-0.1, -0.05) is 26.7 Å². The zero-order valence-corrected chi connectivity index (χ0v) is 8.57. The van der Waals surface area contributed by atoms with Gasteiger partial charge in [0.05, 0.1) is 0 Å². The third-order valence-electron chi connectivity index (χ3n) is 2.56. The van der Waals surface area contributed by atoms with Crippen LogP contribution in [0.4, 0.5) is 4.39 Å². The molecule has 0 radical (unpaired) electrons. The molecule has 1 atom stereocenters. The highest BCUT2D eigenvalue weighted by Crippen LogP contribution is 2.26. The fraction of sp³-hybridized carbons (Fsp3) is 0.545. The van der Waals surface area contributed by atoms with Crippen molar-refractivity contribution in [3.8, 4) is 0 Å². The van der Waals surface area contributed by atoms with Gasteiger partial charge in [-0.15, -0.1) is 0 Å². The molecule has 2 nitrogen and oxygen atoms in total. The normalized spacial score (nSPS) is 13.2. The summed E-state index contributed by atoms with van der Waals surface area (Å²) in [6.07, 6.45) is 2.37. The topological polar surface area (TPSA) is 33.1 Å². The van der Waals surface area contributed by atoms with Gasteiger partial charge in [-0.25, -0.2) is 4.39 Å². The molecule has 1 heterocycles. The predicted octanol–water partition coefficient (Wildman–Crippen LogP) is 2.69. The van der Waals surface area contributed by atoms with Crippen LogP contribution < -0.4 is 0 Å². The average Bonchev–Trinajstić information content (AvgIpc) is 2.20. The predicted molar refractivity (Wildman–Crippen MR) is 53.2 cm³/mol. The van der Waals surface area contributed by atoms with Crippen molar-refractivity contribution in [2.45, 2.75) is 32.8 Å². The third-order valence-corrected chi connectivity index (χ3v) is 2.56. The van der Waals surface area contributed by atoms with Crippen LogP contribution in [-0.2, 0) is 0 Å². The van der Waals surface area contributed by atoms with E-state index in [-0.39, 0.29) is 11.6 Å². The van der Waals surface area contributed by atoms with Gasteiger partial charge < -0.3 is 5.11 Å². The quantitative estimate of drug-likeness (QED) is 0.805. The van der Waals surface area contributed by atoms with Gasteiger partial charge in [-0.3, -0.25) is 4.98 Å². The Morgan fingerprint density at radius 2 is 2.07 bits per heavy atom. The molecule has 3 heteroatoms. The largest absolute Gasteiger partial charge is 0.386 e. The van der Waals surface area contributed by atoms with Crippen molar-refractivity contribution in [1.82, 2.24) is 4.98 Å². The van der Waals surface area contributed by atoms with Crippen LogP contribution in [0.15, 0.2) is 18.3 Å². The van der Waals surface area contributed by atoms with Gasteiger partial charge in [-0.05, 0) is 18.1 Å². The summed E-state index contributed by atoms with van der Waals surface area (Å²) in [4.78, 5) is 3.87. The van der Waals surface area contributed by atoms with Crippen LogP contribution in [0.5, 0.6) is 0 Å².